The number of aromatic nitrogens is 2. The molecular formula is C12H13BrN2OS. The van der Waals surface area contributed by atoms with Gasteiger partial charge in [-0.25, -0.2) is 0 Å². The zero-order valence-electron chi connectivity index (χ0n) is 9.74. The molecule has 90 valence electrons. The fraction of sp³-hybridized carbons (Fsp3) is 0.333. The normalized spacial score (nSPS) is 10.8. The van der Waals surface area contributed by atoms with Gasteiger partial charge < -0.3 is 0 Å². The SMILES string of the molecule is CCCn1ncc(Br)c1C(=O)c1ccc(C)s1. The van der Waals surface area contributed by atoms with Gasteiger partial charge in [0.1, 0.15) is 5.69 Å². The molecule has 0 N–H and O–H groups in total. The van der Waals surface area contributed by atoms with E-state index < -0.39 is 0 Å². The summed E-state index contributed by atoms with van der Waals surface area (Å²) in [6, 6.07) is 3.84. The van der Waals surface area contributed by atoms with E-state index in [-0.39, 0.29) is 5.78 Å². The fourth-order valence-corrected chi connectivity index (χ4v) is 2.93. The third-order valence-electron chi connectivity index (χ3n) is 2.41. The molecule has 0 saturated heterocycles. The quantitative estimate of drug-likeness (QED) is 0.808. The Bertz CT molecular complexity index is 544. The van der Waals surface area contributed by atoms with Gasteiger partial charge in [-0.05, 0) is 41.4 Å². The van der Waals surface area contributed by atoms with Crippen LogP contribution in [0.25, 0.3) is 0 Å². The summed E-state index contributed by atoms with van der Waals surface area (Å²) in [4.78, 5) is 14.3. The molecule has 0 radical (unpaired) electrons. The van der Waals surface area contributed by atoms with Crippen LogP contribution in [-0.4, -0.2) is 15.6 Å². The molecular weight excluding hydrogens is 300 g/mol. The molecule has 0 unspecified atom stereocenters. The summed E-state index contributed by atoms with van der Waals surface area (Å²) in [6.45, 7) is 4.83. The Hall–Kier alpha value is -0.940. The van der Waals surface area contributed by atoms with Gasteiger partial charge in [0.25, 0.3) is 0 Å². The van der Waals surface area contributed by atoms with Crippen LogP contribution in [0.4, 0.5) is 0 Å². The maximum Gasteiger partial charge on any atom is 0.222 e. The molecule has 0 aliphatic rings. The first kappa shape index (κ1) is 12.5. The van der Waals surface area contributed by atoms with Crippen molar-refractivity contribution in [2.75, 3.05) is 0 Å². The standard InChI is InChI=1S/C12H13BrN2OS/c1-3-6-15-11(9(13)7-14-15)12(16)10-5-4-8(2)17-10/h4-5,7H,3,6H2,1-2H3. The largest absolute Gasteiger partial charge is 0.286 e. The van der Waals surface area contributed by atoms with E-state index in [9.17, 15) is 4.79 Å². The van der Waals surface area contributed by atoms with E-state index in [1.54, 1.807) is 10.9 Å². The molecule has 2 aromatic heterocycles. The van der Waals surface area contributed by atoms with Gasteiger partial charge in [0.15, 0.2) is 0 Å². The summed E-state index contributed by atoms with van der Waals surface area (Å²) in [5.41, 5.74) is 0.647. The zero-order chi connectivity index (χ0) is 12.4. The first-order chi connectivity index (χ1) is 8.13. The van der Waals surface area contributed by atoms with E-state index in [4.69, 9.17) is 0 Å². The number of aryl methyl sites for hydroxylation is 2. The predicted octanol–water partition coefficient (Wildman–Crippen LogP) is 3.66. The van der Waals surface area contributed by atoms with Crippen LogP contribution in [0.3, 0.4) is 0 Å². The highest BCUT2D eigenvalue weighted by molar-refractivity contribution is 9.10. The van der Waals surface area contributed by atoms with Crippen LogP contribution in [0.15, 0.2) is 22.8 Å². The summed E-state index contributed by atoms with van der Waals surface area (Å²) in [5.74, 6) is 0.0425. The van der Waals surface area contributed by atoms with Crippen molar-refractivity contribution in [2.24, 2.45) is 0 Å². The summed E-state index contributed by atoms with van der Waals surface area (Å²) in [7, 11) is 0. The van der Waals surface area contributed by atoms with E-state index >= 15 is 0 Å². The molecule has 17 heavy (non-hydrogen) atoms. The van der Waals surface area contributed by atoms with Crippen molar-refractivity contribution < 1.29 is 4.79 Å². The van der Waals surface area contributed by atoms with Crippen molar-refractivity contribution in [3.63, 3.8) is 0 Å². The lowest BCUT2D eigenvalue weighted by Crippen LogP contribution is -2.11. The van der Waals surface area contributed by atoms with Crippen LogP contribution in [0.5, 0.6) is 0 Å². The Kier molecular flexibility index (Phi) is 3.79. The Morgan fingerprint density at radius 3 is 2.88 bits per heavy atom. The molecule has 0 aromatic carbocycles. The van der Waals surface area contributed by atoms with Gasteiger partial charge in [0.05, 0.1) is 15.5 Å². The van der Waals surface area contributed by atoms with Gasteiger partial charge in [-0.3, -0.25) is 9.48 Å². The van der Waals surface area contributed by atoms with Crippen LogP contribution in [0.1, 0.15) is 33.6 Å². The van der Waals surface area contributed by atoms with Crippen LogP contribution < -0.4 is 0 Å². The molecule has 0 aliphatic carbocycles. The van der Waals surface area contributed by atoms with Gasteiger partial charge >= 0.3 is 0 Å². The number of carbonyl (C=O) groups excluding carboxylic acids is 1. The van der Waals surface area contributed by atoms with E-state index in [2.05, 4.69) is 28.0 Å². The minimum Gasteiger partial charge on any atom is -0.286 e. The highest BCUT2D eigenvalue weighted by Crippen LogP contribution is 2.24. The Morgan fingerprint density at radius 1 is 1.53 bits per heavy atom. The highest BCUT2D eigenvalue weighted by atomic mass is 79.9. The number of thiophene rings is 1. The van der Waals surface area contributed by atoms with Crippen LogP contribution in [0.2, 0.25) is 0 Å². The number of ketones is 1. The number of hydrogen-bond donors (Lipinski definition) is 0. The van der Waals surface area contributed by atoms with Gasteiger partial charge in [-0.15, -0.1) is 11.3 Å². The molecule has 0 amide bonds. The van der Waals surface area contributed by atoms with Crippen LogP contribution in [0, 0.1) is 6.92 Å². The molecule has 0 spiro atoms. The van der Waals surface area contributed by atoms with Gasteiger partial charge in [0.2, 0.25) is 5.78 Å². The zero-order valence-corrected chi connectivity index (χ0v) is 12.1. The Labute approximate surface area is 113 Å². The van der Waals surface area contributed by atoms with Crippen molar-refractivity contribution in [2.45, 2.75) is 26.8 Å². The lowest BCUT2D eigenvalue weighted by atomic mass is 10.2. The van der Waals surface area contributed by atoms with E-state index in [1.807, 2.05) is 19.1 Å². The van der Waals surface area contributed by atoms with Crippen molar-refractivity contribution in [3.05, 3.63) is 38.3 Å². The number of rotatable bonds is 4. The summed E-state index contributed by atoms with van der Waals surface area (Å²) < 4.78 is 2.53. The molecule has 0 atom stereocenters. The number of carbonyl (C=O) groups is 1. The maximum atomic E-state index is 12.4. The third kappa shape index (κ3) is 2.50. The molecule has 0 bridgehead atoms. The minimum atomic E-state index is 0.0425. The number of halogens is 1. The van der Waals surface area contributed by atoms with Crippen molar-refractivity contribution in [1.29, 1.82) is 0 Å². The second-order valence-electron chi connectivity index (χ2n) is 3.80. The first-order valence-electron chi connectivity index (χ1n) is 5.46. The smallest absolute Gasteiger partial charge is 0.222 e. The van der Waals surface area contributed by atoms with Crippen LogP contribution >= 0.6 is 27.3 Å². The molecule has 2 rings (SSSR count). The molecule has 0 saturated carbocycles. The van der Waals surface area contributed by atoms with E-state index in [1.165, 1.54) is 11.3 Å². The monoisotopic (exact) mass is 312 g/mol. The maximum absolute atomic E-state index is 12.4. The second-order valence-corrected chi connectivity index (χ2v) is 5.95. The van der Waals surface area contributed by atoms with Crippen LogP contribution in [-0.2, 0) is 6.54 Å². The number of nitrogens with zero attached hydrogens (tertiary/aromatic N) is 2. The molecule has 0 fully saturated rings. The fourth-order valence-electron chi connectivity index (χ4n) is 1.64. The molecule has 3 nitrogen and oxygen atoms in total. The van der Waals surface area contributed by atoms with Crippen molar-refractivity contribution in [3.8, 4) is 0 Å². The summed E-state index contributed by atoms with van der Waals surface area (Å²) in [6.07, 6.45) is 2.64. The predicted molar refractivity (Wildman–Crippen MR) is 72.7 cm³/mol. The summed E-state index contributed by atoms with van der Waals surface area (Å²) in [5, 5.41) is 4.21. The molecule has 5 heteroatoms. The lowest BCUT2D eigenvalue weighted by molar-refractivity contribution is 0.103. The average Bonchev–Trinajstić information content (AvgIpc) is 2.86. The number of hydrogen-bond acceptors (Lipinski definition) is 3. The van der Waals surface area contributed by atoms with E-state index in [0.717, 1.165) is 27.2 Å². The highest BCUT2D eigenvalue weighted by Gasteiger charge is 2.19. The third-order valence-corrected chi connectivity index (χ3v) is 3.99. The van der Waals surface area contributed by atoms with Gasteiger partial charge in [-0.2, -0.15) is 5.10 Å². The summed E-state index contributed by atoms with van der Waals surface area (Å²) >= 11 is 4.91. The molecule has 2 heterocycles. The Morgan fingerprint density at radius 2 is 2.29 bits per heavy atom. The molecule has 0 aliphatic heterocycles. The van der Waals surface area contributed by atoms with Gasteiger partial charge in [0, 0.05) is 11.4 Å². The average molecular weight is 313 g/mol. The van der Waals surface area contributed by atoms with E-state index in [0.29, 0.717) is 5.69 Å². The Balaban J connectivity index is 2.39. The van der Waals surface area contributed by atoms with Gasteiger partial charge in [-0.1, -0.05) is 6.92 Å². The minimum absolute atomic E-state index is 0.0425. The molecule has 2 aromatic rings. The second kappa shape index (κ2) is 5.14. The van der Waals surface area contributed by atoms with Crippen molar-refractivity contribution in [1.82, 2.24) is 9.78 Å². The topological polar surface area (TPSA) is 34.9 Å². The first-order valence-corrected chi connectivity index (χ1v) is 7.07. The lowest BCUT2D eigenvalue weighted by Gasteiger charge is -2.04. The van der Waals surface area contributed by atoms with Crippen molar-refractivity contribution >= 4 is 33.0 Å².